The van der Waals surface area contributed by atoms with Crippen LogP contribution in [0.3, 0.4) is 0 Å². The zero-order valence-corrected chi connectivity index (χ0v) is 18.4. The second-order valence-electron chi connectivity index (χ2n) is 8.47. The average molecular weight is 430 g/mol. The smallest absolute Gasteiger partial charge is 0.0991 e. The quantitative estimate of drug-likeness (QED) is 0.528. The first-order valence-electron chi connectivity index (χ1n) is 10.9. The van der Waals surface area contributed by atoms with Gasteiger partial charge in [0.05, 0.1) is 11.6 Å². The monoisotopic (exact) mass is 429 g/mol. The van der Waals surface area contributed by atoms with Crippen molar-refractivity contribution in [2.75, 3.05) is 19.6 Å². The third-order valence-electron chi connectivity index (χ3n) is 6.12. The fourth-order valence-electron chi connectivity index (χ4n) is 4.46. The van der Waals surface area contributed by atoms with Gasteiger partial charge in [-0.25, -0.2) is 0 Å². The first-order valence-corrected chi connectivity index (χ1v) is 11.3. The van der Waals surface area contributed by atoms with Crippen molar-refractivity contribution in [2.24, 2.45) is 11.8 Å². The zero-order chi connectivity index (χ0) is 21.5. The maximum atomic E-state index is 9.09. The predicted molar refractivity (Wildman–Crippen MR) is 127 cm³/mol. The molecule has 0 saturated carbocycles. The number of nitrogens with zero attached hydrogens (tertiary/aromatic N) is 2. The van der Waals surface area contributed by atoms with E-state index in [0.717, 1.165) is 44.2 Å². The topological polar surface area (TPSA) is 39.1 Å². The minimum atomic E-state index is 0.603. The third kappa shape index (κ3) is 6.18. The summed E-state index contributed by atoms with van der Waals surface area (Å²) in [7, 11) is 0. The van der Waals surface area contributed by atoms with Crippen molar-refractivity contribution in [3.05, 3.63) is 106 Å². The fourth-order valence-corrected chi connectivity index (χ4v) is 4.59. The van der Waals surface area contributed by atoms with Crippen molar-refractivity contribution in [3.63, 3.8) is 0 Å². The lowest BCUT2D eigenvalue weighted by Gasteiger charge is -2.28. The minimum Gasteiger partial charge on any atom is -0.316 e. The van der Waals surface area contributed by atoms with Crippen molar-refractivity contribution >= 4 is 11.6 Å². The van der Waals surface area contributed by atoms with Crippen LogP contribution >= 0.6 is 11.6 Å². The van der Waals surface area contributed by atoms with Gasteiger partial charge in [-0.1, -0.05) is 66.2 Å². The number of nitriles is 1. The van der Waals surface area contributed by atoms with Gasteiger partial charge in [0.25, 0.3) is 0 Å². The van der Waals surface area contributed by atoms with Crippen LogP contribution in [0.25, 0.3) is 0 Å². The first kappa shape index (κ1) is 21.6. The van der Waals surface area contributed by atoms with E-state index >= 15 is 0 Å². The van der Waals surface area contributed by atoms with Gasteiger partial charge in [0.15, 0.2) is 0 Å². The highest BCUT2D eigenvalue weighted by molar-refractivity contribution is 6.30. The summed E-state index contributed by atoms with van der Waals surface area (Å²) in [4.78, 5) is 2.53. The van der Waals surface area contributed by atoms with Crippen LogP contribution in [-0.2, 0) is 19.5 Å². The van der Waals surface area contributed by atoms with Crippen LogP contribution in [-0.4, -0.2) is 24.5 Å². The van der Waals surface area contributed by atoms with Gasteiger partial charge in [-0.3, -0.25) is 4.90 Å². The summed E-state index contributed by atoms with van der Waals surface area (Å²) in [6, 6.07) is 29.1. The van der Waals surface area contributed by atoms with E-state index in [1.165, 1.54) is 16.7 Å². The molecule has 2 unspecified atom stereocenters. The Labute approximate surface area is 190 Å². The molecule has 1 aliphatic rings. The van der Waals surface area contributed by atoms with Gasteiger partial charge >= 0.3 is 0 Å². The van der Waals surface area contributed by atoms with E-state index in [9.17, 15) is 0 Å². The van der Waals surface area contributed by atoms with Crippen molar-refractivity contribution in [1.82, 2.24) is 10.2 Å². The molecule has 3 aromatic rings. The second kappa shape index (κ2) is 10.6. The predicted octanol–water partition coefficient (Wildman–Crippen LogP) is 5.29. The molecular weight excluding hydrogens is 402 g/mol. The van der Waals surface area contributed by atoms with Crippen LogP contribution in [0.4, 0.5) is 0 Å². The largest absolute Gasteiger partial charge is 0.316 e. The highest BCUT2D eigenvalue weighted by Crippen LogP contribution is 2.24. The molecule has 3 nitrogen and oxygen atoms in total. The summed E-state index contributed by atoms with van der Waals surface area (Å²) in [6.45, 7) is 4.91. The van der Waals surface area contributed by atoms with E-state index in [1.807, 2.05) is 24.3 Å². The number of halogens is 1. The van der Waals surface area contributed by atoms with E-state index < -0.39 is 0 Å². The number of rotatable bonds is 8. The Kier molecular flexibility index (Phi) is 7.38. The summed E-state index contributed by atoms with van der Waals surface area (Å²) in [5, 5.41) is 13.5. The molecule has 4 heteroatoms. The van der Waals surface area contributed by atoms with Crippen LogP contribution < -0.4 is 5.32 Å². The molecular formula is C27H28ClN3. The van der Waals surface area contributed by atoms with E-state index in [4.69, 9.17) is 16.9 Å². The molecule has 0 spiro atoms. The highest BCUT2D eigenvalue weighted by atomic mass is 35.5. The van der Waals surface area contributed by atoms with Crippen molar-refractivity contribution in [3.8, 4) is 6.07 Å². The number of nitrogens with one attached hydrogen (secondary N) is 1. The van der Waals surface area contributed by atoms with Gasteiger partial charge in [-0.05, 0) is 72.3 Å². The molecule has 3 aromatic carbocycles. The SMILES string of the molecule is N#Cc1ccc(CN(Cc2ccc(Cl)cc2)CC2CNCC2Cc2ccccc2)cc1. The number of benzene rings is 3. The van der Waals surface area contributed by atoms with E-state index in [0.29, 0.717) is 17.4 Å². The van der Waals surface area contributed by atoms with Crippen LogP contribution in [0.15, 0.2) is 78.9 Å². The van der Waals surface area contributed by atoms with Crippen molar-refractivity contribution < 1.29 is 0 Å². The maximum absolute atomic E-state index is 9.09. The van der Waals surface area contributed by atoms with E-state index in [-0.39, 0.29) is 0 Å². The Morgan fingerprint density at radius 2 is 1.42 bits per heavy atom. The standard InChI is InChI=1S/C27H28ClN3/c28-27-12-10-24(11-13-27)19-31(18-23-8-6-22(15-29)7-9-23)20-26-17-30-16-25(26)14-21-4-2-1-3-5-21/h1-13,25-26,30H,14,16-20H2. The van der Waals surface area contributed by atoms with Crippen LogP contribution in [0.1, 0.15) is 22.3 Å². The molecule has 0 bridgehead atoms. The lowest BCUT2D eigenvalue weighted by atomic mass is 9.89. The Hall–Kier alpha value is -2.64. The zero-order valence-electron chi connectivity index (χ0n) is 17.7. The summed E-state index contributed by atoms with van der Waals surface area (Å²) in [6.07, 6.45) is 1.12. The first-order chi connectivity index (χ1) is 15.2. The summed E-state index contributed by atoms with van der Waals surface area (Å²) in [5.74, 6) is 1.24. The van der Waals surface area contributed by atoms with Crippen LogP contribution in [0.2, 0.25) is 5.02 Å². The lowest BCUT2D eigenvalue weighted by molar-refractivity contribution is 0.198. The summed E-state index contributed by atoms with van der Waals surface area (Å²) in [5.41, 5.74) is 4.62. The molecule has 4 rings (SSSR count). The van der Waals surface area contributed by atoms with Crippen LogP contribution in [0.5, 0.6) is 0 Å². The molecule has 0 radical (unpaired) electrons. The maximum Gasteiger partial charge on any atom is 0.0991 e. The van der Waals surface area contributed by atoms with Gasteiger partial charge in [0.2, 0.25) is 0 Å². The van der Waals surface area contributed by atoms with Gasteiger partial charge in [0.1, 0.15) is 0 Å². The Morgan fingerprint density at radius 3 is 2.06 bits per heavy atom. The van der Waals surface area contributed by atoms with Gasteiger partial charge in [-0.15, -0.1) is 0 Å². The third-order valence-corrected chi connectivity index (χ3v) is 6.37. The van der Waals surface area contributed by atoms with Gasteiger partial charge in [-0.2, -0.15) is 5.26 Å². The van der Waals surface area contributed by atoms with Crippen molar-refractivity contribution in [1.29, 1.82) is 5.26 Å². The molecule has 2 atom stereocenters. The Morgan fingerprint density at radius 1 is 0.806 bits per heavy atom. The van der Waals surface area contributed by atoms with Crippen molar-refractivity contribution in [2.45, 2.75) is 19.5 Å². The van der Waals surface area contributed by atoms with E-state index in [2.05, 4.69) is 70.9 Å². The average Bonchev–Trinajstić information content (AvgIpc) is 3.23. The molecule has 0 aliphatic carbocycles. The van der Waals surface area contributed by atoms with Crippen LogP contribution in [0, 0.1) is 23.2 Å². The second-order valence-corrected chi connectivity index (χ2v) is 8.91. The normalized spacial score (nSPS) is 18.2. The minimum absolute atomic E-state index is 0.603. The van der Waals surface area contributed by atoms with E-state index in [1.54, 1.807) is 0 Å². The molecule has 1 aliphatic heterocycles. The molecule has 0 aromatic heterocycles. The highest BCUT2D eigenvalue weighted by Gasteiger charge is 2.29. The summed E-state index contributed by atoms with van der Waals surface area (Å²) >= 11 is 6.09. The number of hydrogen-bond acceptors (Lipinski definition) is 3. The van der Waals surface area contributed by atoms with Gasteiger partial charge in [0, 0.05) is 24.7 Å². The molecule has 1 fully saturated rings. The summed E-state index contributed by atoms with van der Waals surface area (Å²) < 4.78 is 0. The molecule has 1 saturated heterocycles. The molecule has 31 heavy (non-hydrogen) atoms. The lowest BCUT2D eigenvalue weighted by Crippen LogP contribution is -2.33. The molecule has 0 amide bonds. The van der Waals surface area contributed by atoms with Gasteiger partial charge < -0.3 is 5.32 Å². The number of hydrogen-bond donors (Lipinski definition) is 1. The fraction of sp³-hybridized carbons (Fsp3) is 0.296. The molecule has 158 valence electrons. The Bertz CT molecular complexity index is 993. The molecule has 1 N–H and O–H groups in total. The molecule has 1 heterocycles. The Balaban J connectivity index is 1.48.